The first-order chi connectivity index (χ1) is 6.95. The Morgan fingerprint density at radius 2 is 2.00 bits per heavy atom. The Labute approximate surface area is 83.4 Å². The SMILES string of the molecule is c1ccc(C2=C3CCCC3N=N2)cc1. The molecule has 1 aliphatic heterocycles. The van der Waals surface area contributed by atoms with E-state index in [2.05, 4.69) is 34.5 Å². The van der Waals surface area contributed by atoms with Gasteiger partial charge in [0, 0.05) is 5.56 Å². The van der Waals surface area contributed by atoms with E-state index in [0.29, 0.717) is 6.04 Å². The van der Waals surface area contributed by atoms with Crippen molar-refractivity contribution in [2.24, 2.45) is 10.2 Å². The highest BCUT2D eigenvalue weighted by molar-refractivity contribution is 5.70. The van der Waals surface area contributed by atoms with E-state index in [1.807, 2.05) is 6.07 Å². The lowest BCUT2D eigenvalue weighted by molar-refractivity contribution is 0.756. The molecule has 0 aromatic heterocycles. The van der Waals surface area contributed by atoms with Crippen LogP contribution in [0.15, 0.2) is 46.1 Å². The van der Waals surface area contributed by atoms with Crippen molar-refractivity contribution in [2.45, 2.75) is 25.3 Å². The summed E-state index contributed by atoms with van der Waals surface area (Å²) in [5.41, 5.74) is 3.81. The summed E-state index contributed by atoms with van der Waals surface area (Å²) < 4.78 is 0. The number of fused-ring (bicyclic) bond motifs is 1. The Morgan fingerprint density at radius 1 is 1.14 bits per heavy atom. The zero-order valence-corrected chi connectivity index (χ0v) is 7.98. The van der Waals surface area contributed by atoms with Crippen molar-refractivity contribution in [1.29, 1.82) is 0 Å². The lowest BCUT2D eigenvalue weighted by atomic mass is 10.0. The molecule has 1 aromatic rings. The third-order valence-electron chi connectivity index (χ3n) is 2.97. The summed E-state index contributed by atoms with van der Waals surface area (Å²) in [4.78, 5) is 0. The van der Waals surface area contributed by atoms with Crippen molar-refractivity contribution < 1.29 is 0 Å². The molecule has 2 aliphatic rings. The van der Waals surface area contributed by atoms with E-state index in [4.69, 9.17) is 0 Å². The van der Waals surface area contributed by atoms with Crippen LogP contribution in [0, 0.1) is 0 Å². The molecule has 1 saturated carbocycles. The number of hydrogen-bond donors (Lipinski definition) is 0. The van der Waals surface area contributed by atoms with Crippen LogP contribution in [0.2, 0.25) is 0 Å². The predicted octanol–water partition coefficient (Wildman–Crippen LogP) is 3.42. The first kappa shape index (κ1) is 7.92. The fourth-order valence-corrected chi connectivity index (χ4v) is 2.26. The summed E-state index contributed by atoms with van der Waals surface area (Å²) in [5, 5.41) is 8.60. The second-order valence-electron chi connectivity index (χ2n) is 3.86. The number of hydrogen-bond acceptors (Lipinski definition) is 2. The van der Waals surface area contributed by atoms with E-state index in [9.17, 15) is 0 Å². The Balaban J connectivity index is 2.07. The first-order valence-electron chi connectivity index (χ1n) is 5.14. The Hall–Kier alpha value is -1.44. The standard InChI is InChI=1S/C12H12N2/c1-2-5-9(6-3-1)12-10-7-4-8-11(10)13-14-12/h1-3,5-6,11H,4,7-8H2. The van der Waals surface area contributed by atoms with Gasteiger partial charge < -0.3 is 0 Å². The second-order valence-corrected chi connectivity index (χ2v) is 3.86. The molecule has 2 heteroatoms. The topological polar surface area (TPSA) is 24.7 Å². The summed E-state index contributed by atoms with van der Waals surface area (Å²) in [5.74, 6) is 0. The average Bonchev–Trinajstić information content (AvgIpc) is 2.79. The monoisotopic (exact) mass is 184 g/mol. The molecule has 70 valence electrons. The van der Waals surface area contributed by atoms with E-state index in [-0.39, 0.29) is 0 Å². The van der Waals surface area contributed by atoms with Gasteiger partial charge in [-0.2, -0.15) is 10.2 Å². The molecule has 0 saturated heterocycles. The average molecular weight is 184 g/mol. The van der Waals surface area contributed by atoms with Gasteiger partial charge in [0.1, 0.15) is 0 Å². The van der Waals surface area contributed by atoms with Gasteiger partial charge in [-0.3, -0.25) is 0 Å². The third kappa shape index (κ3) is 1.10. The van der Waals surface area contributed by atoms with Gasteiger partial charge in [0.2, 0.25) is 0 Å². The van der Waals surface area contributed by atoms with E-state index in [1.54, 1.807) is 0 Å². The maximum atomic E-state index is 4.31. The van der Waals surface area contributed by atoms with Crippen molar-refractivity contribution in [3.8, 4) is 0 Å². The molecule has 1 aliphatic carbocycles. The van der Waals surface area contributed by atoms with E-state index in [0.717, 1.165) is 5.70 Å². The molecule has 3 rings (SSSR count). The van der Waals surface area contributed by atoms with E-state index in [1.165, 1.54) is 30.4 Å². The molecular weight excluding hydrogens is 172 g/mol. The number of azo groups is 1. The molecule has 0 radical (unpaired) electrons. The van der Waals surface area contributed by atoms with Gasteiger partial charge in [-0.05, 0) is 24.8 Å². The summed E-state index contributed by atoms with van der Waals surface area (Å²) in [6.07, 6.45) is 3.65. The molecule has 0 bridgehead atoms. The van der Waals surface area contributed by atoms with Crippen LogP contribution in [0.5, 0.6) is 0 Å². The predicted molar refractivity (Wildman–Crippen MR) is 55.9 cm³/mol. The molecule has 1 unspecified atom stereocenters. The van der Waals surface area contributed by atoms with Crippen LogP contribution >= 0.6 is 0 Å². The zero-order valence-electron chi connectivity index (χ0n) is 7.98. The fraction of sp³-hybridized carbons (Fsp3) is 0.333. The molecule has 2 nitrogen and oxygen atoms in total. The van der Waals surface area contributed by atoms with Crippen LogP contribution in [-0.4, -0.2) is 6.04 Å². The molecule has 0 amide bonds. The number of rotatable bonds is 1. The summed E-state index contributed by atoms with van der Waals surface area (Å²) in [6.45, 7) is 0. The van der Waals surface area contributed by atoms with Crippen LogP contribution in [0.25, 0.3) is 5.70 Å². The van der Waals surface area contributed by atoms with Crippen molar-refractivity contribution >= 4 is 5.70 Å². The van der Waals surface area contributed by atoms with Crippen molar-refractivity contribution in [2.75, 3.05) is 0 Å². The summed E-state index contributed by atoms with van der Waals surface area (Å²) >= 11 is 0. The normalized spacial score (nSPS) is 24.4. The maximum Gasteiger partial charge on any atom is 0.0946 e. The van der Waals surface area contributed by atoms with Crippen LogP contribution in [0.3, 0.4) is 0 Å². The van der Waals surface area contributed by atoms with Crippen molar-refractivity contribution in [1.82, 2.24) is 0 Å². The largest absolute Gasteiger partial charge is 0.181 e. The lowest BCUT2D eigenvalue weighted by Gasteiger charge is -2.01. The van der Waals surface area contributed by atoms with Gasteiger partial charge in [0.25, 0.3) is 0 Å². The van der Waals surface area contributed by atoms with Crippen LogP contribution in [0.1, 0.15) is 24.8 Å². The highest BCUT2D eigenvalue weighted by Crippen LogP contribution is 2.39. The molecule has 0 spiro atoms. The molecule has 0 N–H and O–H groups in total. The fourth-order valence-electron chi connectivity index (χ4n) is 2.26. The van der Waals surface area contributed by atoms with Gasteiger partial charge in [-0.15, -0.1) is 0 Å². The van der Waals surface area contributed by atoms with Crippen molar-refractivity contribution in [3.05, 3.63) is 41.5 Å². The van der Waals surface area contributed by atoms with E-state index >= 15 is 0 Å². The van der Waals surface area contributed by atoms with Gasteiger partial charge in [-0.1, -0.05) is 30.3 Å². The molecular formula is C12H12N2. The minimum atomic E-state index is 0.408. The number of benzene rings is 1. The van der Waals surface area contributed by atoms with Crippen LogP contribution in [0.4, 0.5) is 0 Å². The molecule has 14 heavy (non-hydrogen) atoms. The first-order valence-corrected chi connectivity index (χ1v) is 5.14. The molecule has 1 heterocycles. The third-order valence-corrected chi connectivity index (χ3v) is 2.97. The Bertz CT molecular complexity index is 404. The van der Waals surface area contributed by atoms with E-state index < -0.39 is 0 Å². The van der Waals surface area contributed by atoms with Crippen LogP contribution < -0.4 is 0 Å². The summed E-state index contributed by atoms with van der Waals surface area (Å²) in [6, 6.07) is 10.8. The molecule has 1 atom stereocenters. The van der Waals surface area contributed by atoms with Gasteiger partial charge in [0.15, 0.2) is 0 Å². The number of nitrogens with zero attached hydrogens (tertiary/aromatic N) is 2. The Morgan fingerprint density at radius 3 is 2.86 bits per heavy atom. The molecule has 1 fully saturated rings. The second kappa shape index (κ2) is 3.05. The minimum absolute atomic E-state index is 0.408. The highest BCUT2D eigenvalue weighted by atomic mass is 15.2. The Kier molecular flexibility index (Phi) is 1.72. The van der Waals surface area contributed by atoms with Gasteiger partial charge in [-0.25, -0.2) is 0 Å². The highest BCUT2D eigenvalue weighted by Gasteiger charge is 2.28. The van der Waals surface area contributed by atoms with Gasteiger partial charge in [0.05, 0.1) is 11.7 Å². The molecule has 1 aromatic carbocycles. The maximum absolute atomic E-state index is 4.31. The minimum Gasteiger partial charge on any atom is -0.181 e. The zero-order chi connectivity index (χ0) is 9.38. The van der Waals surface area contributed by atoms with Crippen LogP contribution in [-0.2, 0) is 0 Å². The van der Waals surface area contributed by atoms with Gasteiger partial charge >= 0.3 is 0 Å². The summed E-state index contributed by atoms with van der Waals surface area (Å²) in [7, 11) is 0. The van der Waals surface area contributed by atoms with Crippen molar-refractivity contribution in [3.63, 3.8) is 0 Å². The smallest absolute Gasteiger partial charge is 0.0946 e. The quantitative estimate of drug-likeness (QED) is 0.639. The lowest BCUT2D eigenvalue weighted by Crippen LogP contribution is -1.95.